The smallest absolute Gasteiger partial charge is 0.330 e. The first-order valence-electron chi connectivity index (χ1n) is 7.69. The lowest BCUT2D eigenvalue weighted by Crippen LogP contribution is -2.51. The zero-order valence-electron chi connectivity index (χ0n) is 13.1. The Balaban J connectivity index is 2.26. The van der Waals surface area contributed by atoms with E-state index in [0.717, 1.165) is 18.4 Å². The molecule has 116 valence electrons. The van der Waals surface area contributed by atoms with Gasteiger partial charge in [0.05, 0.1) is 6.61 Å². The third kappa shape index (κ3) is 3.80. The van der Waals surface area contributed by atoms with Gasteiger partial charge in [0.2, 0.25) is 0 Å². The maximum atomic E-state index is 12.5. The van der Waals surface area contributed by atoms with E-state index >= 15 is 0 Å². The number of esters is 1. The van der Waals surface area contributed by atoms with Crippen molar-refractivity contribution in [2.75, 3.05) is 12.9 Å². The van der Waals surface area contributed by atoms with E-state index in [1.807, 2.05) is 26.0 Å². The number of hydrogen-bond donors (Lipinski definition) is 1. The lowest BCUT2D eigenvalue weighted by atomic mass is 9.90. The zero-order valence-corrected chi connectivity index (χ0v) is 14.0. The van der Waals surface area contributed by atoms with Gasteiger partial charge in [-0.3, -0.25) is 5.32 Å². The first-order chi connectivity index (χ1) is 10.1. The molecule has 0 bridgehead atoms. The summed E-state index contributed by atoms with van der Waals surface area (Å²) >= 11 is 1.70. The number of benzene rings is 1. The molecule has 0 heterocycles. The van der Waals surface area contributed by atoms with E-state index < -0.39 is 5.54 Å². The van der Waals surface area contributed by atoms with Gasteiger partial charge in [-0.2, -0.15) is 0 Å². The lowest BCUT2D eigenvalue weighted by molar-refractivity contribution is -0.151. The van der Waals surface area contributed by atoms with Gasteiger partial charge in [0.1, 0.15) is 5.54 Å². The number of ether oxygens (including phenoxy) is 1. The summed E-state index contributed by atoms with van der Waals surface area (Å²) in [6, 6.07) is 8.59. The molecule has 2 rings (SSSR count). The predicted molar refractivity (Wildman–Crippen MR) is 87.6 cm³/mol. The molecule has 1 N–H and O–H groups in total. The van der Waals surface area contributed by atoms with Crippen molar-refractivity contribution in [3.8, 4) is 0 Å². The number of thioether (sulfide) groups is 1. The van der Waals surface area contributed by atoms with Gasteiger partial charge in [0.25, 0.3) is 0 Å². The second kappa shape index (κ2) is 7.32. The Labute approximate surface area is 131 Å². The van der Waals surface area contributed by atoms with Crippen LogP contribution in [0.25, 0.3) is 0 Å². The molecule has 4 heteroatoms. The van der Waals surface area contributed by atoms with E-state index in [2.05, 4.69) is 23.7 Å². The molecule has 0 radical (unpaired) electrons. The number of nitrogens with one attached hydrogen (secondary N) is 1. The van der Waals surface area contributed by atoms with Crippen LogP contribution in [0.15, 0.2) is 29.2 Å². The summed E-state index contributed by atoms with van der Waals surface area (Å²) in [5.74, 6) is -0.186. The zero-order chi connectivity index (χ0) is 15.3. The van der Waals surface area contributed by atoms with Crippen molar-refractivity contribution in [2.24, 2.45) is 0 Å². The van der Waals surface area contributed by atoms with Crippen LogP contribution in [0.1, 0.15) is 45.1 Å². The lowest BCUT2D eigenvalue weighted by Gasteiger charge is -2.32. The molecular formula is C17H25NO2S. The second-order valence-corrected chi connectivity index (χ2v) is 6.58. The molecule has 0 aliphatic heterocycles. The van der Waals surface area contributed by atoms with Crippen LogP contribution in [-0.2, 0) is 15.1 Å². The number of carbonyl (C=O) groups is 1. The summed E-state index contributed by atoms with van der Waals surface area (Å²) in [7, 11) is 0. The molecule has 0 aromatic heterocycles. The largest absolute Gasteiger partial charge is 0.464 e. The second-order valence-electron chi connectivity index (χ2n) is 5.70. The Morgan fingerprint density at radius 3 is 2.48 bits per heavy atom. The Kier molecular flexibility index (Phi) is 5.71. The van der Waals surface area contributed by atoms with Crippen LogP contribution in [0.3, 0.4) is 0 Å². The highest BCUT2D eigenvalue weighted by Gasteiger charge is 2.39. The molecule has 0 spiro atoms. The predicted octanol–water partition coefficient (Wildman–Crippen LogP) is 3.72. The summed E-state index contributed by atoms with van der Waals surface area (Å²) < 4.78 is 5.32. The van der Waals surface area contributed by atoms with Crippen molar-refractivity contribution in [2.45, 2.75) is 56.0 Å². The Hall–Kier alpha value is -1.00. The quantitative estimate of drug-likeness (QED) is 0.642. The van der Waals surface area contributed by atoms with E-state index in [1.165, 1.54) is 17.7 Å². The third-order valence-corrected chi connectivity index (χ3v) is 4.94. The van der Waals surface area contributed by atoms with Gasteiger partial charge in [-0.05, 0) is 50.6 Å². The average molecular weight is 307 g/mol. The van der Waals surface area contributed by atoms with Crippen molar-refractivity contribution >= 4 is 17.7 Å². The highest BCUT2D eigenvalue weighted by atomic mass is 32.2. The van der Waals surface area contributed by atoms with E-state index in [0.29, 0.717) is 12.6 Å². The number of rotatable bonds is 6. The van der Waals surface area contributed by atoms with Crippen LogP contribution in [0.5, 0.6) is 0 Å². The molecule has 1 atom stereocenters. The van der Waals surface area contributed by atoms with Crippen molar-refractivity contribution in [1.82, 2.24) is 5.32 Å². The number of hydrogen-bond acceptors (Lipinski definition) is 4. The Morgan fingerprint density at radius 1 is 1.33 bits per heavy atom. The van der Waals surface area contributed by atoms with Gasteiger partial charge in [0, 0.05) is 10.9 Å². The molecule has 1 aromatic carbocycles. The van der Waals surface area contributed by atoms with Crippen LogP contribution in [0.2, 0.25) is 0 Å². The fourth-order valence-electron chi connectivity index (χ4n) is 2.94. The molecule has 0 saturated heterocycles. The minimum absolute atomic E-state index is 0.186. The summed E-state index contributed by atoms with van der Waals surface area (Å²) in [6.45, 7) is 4.20. The molecule has 1 aromatic rings. The normalized spacial score (nSPS) is 18.4. The Bertz CT molecular complexity index is 468. The average Bonchev–Trinajstić information content (AvgIpc) is 3.00. The highest BCUT2D eigenvalue weighted by molar-refractivity contribution is 7.98. The van der Waals surface area contributed by atoms with Crippen LogP contribution < -0.4 is 5.32 Å². The fourth-order valence-corrected chi connectivity index (χ4v) is 3.35. The first-order valence-corrected chi connectivity index (χ1v) is 8.92. The summed E-state index contributed by atoms with van der Waals surface area (Å²) in [4.78, 5) is 13.7. The van der Waals surface area contributed by atoms with Crippen molar-refractivity contribution in [3.63, 3.8) is 0 Å². The van der Waals surface area contributed by atoms with Gasteiger partial charge in [-0.25, -0.2) is 4.79 Å². The topological polar surface area (TPSA) is 38.3 Å². The Morgan fingerprint density at radius 2 is 1.95 bits per heavy atom. The van der Waals surface area contributed by atoms with Gasteiger partial charge >= 0.3 is 5.97 Å². The molecule has 1 saturated carbocycles. The molecular weight excluding hydrogens is 282 g/mol. The molecule has 3 nitrogen and oxygen atoms in total. The van der Waals surface area contributed by atoms with Crippen molar-refractivity contribution < 1.29 is 9.53 Å². The van der Waals surface area contributed by atoms with Crippen molar-refractivity contribution in [3.05, 3.63) is 29.8 Å². The van der Waals surface area contributed by atoms with Crippen LogP contribution in [0, 0.1) is 0 Å². The monoisotopic (exact) mass is 307 g/mol. The molecule has 1 unspecified atom stereocenters. The molecule has 0 amide bonds. The fraction of sp³-hybridized carbons (Fsp3) is 0.588. The van der Waals surface area contributed by atoms with Crippen LogP contribution in [-0.4, -0.2) is 24.9 Å². The van der Waals surface area contributed by atoms with Gasteiger partial charge in [-0.1, -0.05) is 25.0 Å². The summed E-state index contributed by atoms with van der Waals surface area (Å²) in [5, 5.41) is 3.55. The van der Waals surface area contributed by atoms with Crippen molar-refractivity contribution in [1.29, 1.82) is 0 Å². The van der Waals surface area contributed by atoms with Gasteiger partial charge in [-0.15, -0.1) is 11.8 Å². The minimum Gasteiger partial charge on any atom is -0.464 e. The molecule has 1 aliphatic carbocycles. The third-order valence-electron chi connectivity index (χ3n) is 4.20. The minimum atomic E-state index is -0.762. The standard InChI is InChI=1S/C17H25NO2S/c1-4-20-16(19)17(2,18-14-7-5-6-8-14)13-9-11-15(21-3)12-10-13/h9-12,14,18H,4-8H2,1-3H3. The molecule has 1 fully saturated rings. The summed E-state index contributed by atoms with van der Waals surface area (Å²) in [5.41, 5.74) is 0.216. The highest BCUT2D eigenvalue weighted by Crippen LogP contribution is 2.29. The van der Waals surface area contributed by atoms with E-state index in [9.17, 15) is 4.79 Å². The van der Waals surface area contributed by atoms with Crippen LogP contribution >= 0.6 is 11.8 Å². The number of carbonyl (C=O) groups excluding carboxylic acids is 1. The van der Waals surface area contributed by atoms with E-state index in [-0.39, 0.29) is 5.97 Å². The molecule has 21 heavy (non-hydrogen) atoms. The first kappa shape index (κ1) is 16.4. The van der Waals surface area contributed by atoms with Gasteiger partial charge < -0.3 is 4.74 Å². The SMILES string of the molecule is CCOC(=O)C(C)(NC1CCCC1)c1ccc(SC)cc1. The molecule has 1 aliphatic rings. The van der Waals surface area contributed by atoms with E-state index in [4.69, 9.17) is 4.74 Å². The van der Waals surface area contributed by atoms with E-state index in [1.54, 1.807) is 11.8 Å². The maximum Gasteiger partial charge on any atom is 0.330 e. The van der Waals surface area contributed by atoms with Crippen LogP contribution in [0.4, 0.5) is 0 Å². The maximum absolute atomic E-state index is 12.5. The summed E-state index contributed by atoms with van der Waals surface area (Å²) in [6.07, 6.45) is 6.80. The van der Waals surface area contributed by atoms with Gasteiger partial charge in [0.15, 0.2) is 0 Å².